The van der Waals surface area contributed by atoms with E-state index in [1.807, 2.05) is 6.07 Å². The van der Waals surface area contributed by atoms with Gasteiger partial charge in [-0.3, -0.25) is 0 Å². The summed E-state index contributed by atoms with van der Waals surface area (Å²) in [5.41, 5.74) is 0. The molecule has 0 aromatic heterocycles. The normalized spacial score (nSPS) is 7.69. The van der Waals surface area contributed by atoms with Crippen molar-refractivity contribution in [2.75, 3.05) is 6.61 Å². The third kappa shape index (κ3) is 6.60. The van der Waals surface area contributed by atoms with E-state index in [2.05, 4.69) is 0 Å². The molecule has 1 radical (unpaired) electrons. The van der Waals surface area contributed by atoms with Crippen LogP contribution in [-0.4, -0.2) is 52.7 Å². The molecule has 0 aliphatic rings. The van der Waals surface area contributed by atoms with Crippen molar-refractivity contribution in [2.45, 2.75) is 0 Å². The number of ether oxygens (including phenoxy) is 1. The molecule has 0 atom stereocenters. The molecule has 4 nitrogen and oxygen atoms in total. The molecule has 0 aliphatic heterocycles. The van der Waals surface area contributed by atoms with Gasteiger partial charge in [-0.15, -0.1) is 0 Å². The molecule has 1 aromatic carbocycles. The quantitative estimate of drug-likeness (QED) is 0.683. The van der Waals surface area contributed by atoms with Gasteiger partial charge < -0.3 is 15.3 Å². The third-order valence-electron chi connectivity index (χ3n) is 1.11. The molecule has 0 fully saturated rings. The number of hydrogen-bond acceptors (Lipinski definition) is 2. The zero-order valence-electron chi connectivity index (χ0n) is 7.36. The average Bonchev–Trinajstić information content (AvgIpc) is 2.03. The van der Waals surface area contributed by atoms with E-state index < -0.39 is 5.97 Å². The van der Waals surface area contributed by atoms with E-state index in [1.165, 1.54) is 0 Å². The molecule has 0 spiro atoms. The Labute approximate surface area is 98.1 Å². The fraction of sp³-hybridized carbons (Fsp3) is 0.125. The summed E-state index contributed by atoms with van der Waals surface area (Å²) in [5.74, 6) is -0.385. The standard InChI is InChI=1S/C8H8O3.Na.H2O/c9-8(10)6-11-7-4-2-1-3-5-7;;/h1-5H,6H2,(H,9,10);;1H2. The first-order valence-corrected chi connectivity index (χ1v) is 3.18. The number of benzene rings is 1. The van der Waals surface area contributed by atoms with Crippen molar-refractivity contribution in [3.63, 3.8) is 0 Å². The predicted molar refractivity (Wildman–Crippen MR) is 48.9 cm³/mol. The van der Waals surface area contributed by atoms with Crippen LogP contribution in [0.5, 0.6) is 5.75 Å². The van der Waals surface area contributed by atoms with Crippen molar-refractivity contribution in [3.8, 4) is 5.75 Å². The summed E-state index contributed by atoms with van der Waals surface area (Å²) in [7, 11) is 0. The topological polar surface area (TPSA) is 78.0 Å². The van der Waals surface area contributed by atoms with E-state index in [-0.39, 0.29) is 41.6 Å². The Balaban J connectivity index is 0. The van der Waals surface area contributed by atoms with Crippen LogP contribution in [0.2, 0.25) is 0 Å². The molecule has 0 amide bonds. The number of para-hydroxylation sites is 1. The van der Waals surface area contributed by atoms with Gasteiger partial charge in [0.15, 0.2) is 6.61 Å². The van der Waals surface area contributed by atoms with Crippen LogP contribution in [0.15, 0.2) is 30.3 Å². The molecular weight excluding hydrogens is 183 g/mol. The molecule has 0 bridgehead atoms. The summed E-state index contributed by atoms with van der Waals surface area (Å²) in [5, 5.41) is 8.25. The molecule has 3 N–H and O–H groups in total. The maximum absolute atomic E-state index is 10.0. The van der Waals surface area contributed by atoms with E-state index in [9.17, 15) is 4.79 Å². The molecule has 0 heterocycles. The van der Waals surface area contributed by atoms with E-state index in [0.717, 1.165) is 0 Å². The number of carbonyl (C=O) groups is 1. The maximum atomic E-state index is 10.0. The number of carboxylic acid groups (broad SMARTS) is 1. The fourth-order valence-corrected chi connectivity index (χ4v) is 0.662. The number of carboxylic acids is 1. The van der Waals surface area contributed by atoms with E-state index in [4.69, 9.17) is 9.84 Å². The van der Waals surface area contributed by atoms with Gasteiger partial charge >= 0.3 is 5.97 Å². The zero-order valence-corrected chi connectivity index (χ0v) is 9.36. The van der Waals surface area contributed by atoms with Crippen LogP contribution in [0, 0.1) is 0 Å². The Hall–Kier alpha value is -0.550. The predicted octanol–water partition coefficient (Wildman–Crippen LogP) is -0.0555. The second-order valence-electron chi connectivity index (χ2n) is 2.00. The van der Waals surface area contributed by atoms with Crippen LogP contribution in [-0.2, 0) is 4.79 Å². The first-order chi connectivity index (χ1) is 5.29. The molecule has 67 valence electrons. The second kappa shape index (κ2) is 8.07. The molecule has 0 aliphatic carbocycles. The molecule has 5 heteroatoms. The van der Waals surface area contributed by atoms with E-state index in [0.29, 0.717) is 5.75 Å². The van der Waals surface area contributed by atoms with Crippen LogP contribution >= 0.6 is 0 Å². The number of aliphatic carboxylic acids is 1. The van der Waals surface area contributed by atoms with Crippen LogP contribution in [0.1, 0.15) is 0 Å². The van der Waals surface area contributed by atoms with Crippen molar-refractivity contribution in [1.29, 1.82) is 0 Å². The van der Waals surface area contributed by atoms with Gasteiger partial charge in [-0.1, -0.05) is 18.2 Å². The van der Waals surface area contributed by atoms with Gasteiger partial charge in [-0.25, -0.2) is 4.79 Å². The summed E-state index contributed by atoms with van der Waals surface area (Å²) in [4.78, 5) is 10.0. The molecule has 0 saturated carbocycles. The SMILES string of the molecule is O.O=C(O)COc1ccccc1.[Na]. The Morgan fingerprint density at radius 2 is 1.85 bits per heavy atom. The minimum absolute atomic E-state index is 0. The average molecular weight is 193 g/mol. The summed E-state index contributed by atoms with van der Waals surface area (Å²) in [6, 6.07) is 8.84. The molecule has 13 heavy (non-hydrogen) atoms. The fourth-order valence-electron chi connectivity index (χ4n) is 0.662. The monoisotopic (exact) mass is 193 g/mol. The van der Waals surface area contributed by atoms with Crippen molar-refractivity contribution in [2.24, 2.45) is 0 Å². The summed E-state index contributed by atoms with van der Waals surface area (Å²) in [6.07, 6.45) is 0. The minimum Gasteiger partial charge on any atom is -0.482 e. The van der Waals surface area contributed by atoms with Crippen LogP contribution in [0.4, 0.5) is 0 Å². The number of rotatable bonds is 3. The van der Waals surface area contributed by atoms with Crippen LogP contribution < -0.4 is 4.74 Å². The van der Waals surface area contributed by atoms with Gasteiger partial charge in [0.25, 0.3) is 0 Å². The van der Waals surface area contributed by atoms with Crippen molar-refractivity contribution >= 4 is 35.5 Å². The Morgan fingerprint density at radius 3 is 2.31 bits per heavy atom. The molecule has 0 unspecified atom stereocenters. The first kappa shape index (κ1) is 14.9. The number of hydrogen-bond donors (Lipinski definition) is 1. The summed E-state index contributed by atoms with van der Waals surface area (Å²) >= 11 is 0. The minimum atomic E-state index is -0.964. The van der Waals surface area contributed by atoms with Gasteiger partial charge in [0.05, 0.1) is 0 Å². The maximum Gasteiger partial charge on any atom is 0.341 e. The Morgan fingerprint density at radius 1 is 1.31 bits per heavy atom. The second-order valence-corrected chi connectivity index (χ2v) is 2.00. The zero-order chi connectivity index (χ0) is 8.10. The van der Waals surface area contributed by atoms with Crippen molar-refractivity contribution in [1.82, 2.24) is 0 Å². The van der Waals surface area contributed by atoms with Crippen molar-refractivity contribution < 1.29 is 20.1 Å². The molecular formula is C8H10NaO4. The van der Waals surface area contributed by atoms with Gasteiger partial charge in [0.1, 0.15) is 5.75 Å². The summed E-state index contributed by atoms with van der Waals surface area (Å²) < 4.78 is 4.87. The van der Waals surface area contributed by atoms with Gasteiger partial charge in [0, 0.05) is 29.6 Å². The van der Waals surface area contributed by atoms with E-state index in [1.54, 1.807) is 24.3 Å². The Bertz CT molecular complexity index is 237. The molecule has 1 rings (SSSR count). The van der Waals surface area contributed by atoms with E-state index >= 15 is 0 Å². The summed E-state index contributed by atoms with van der Waals surface area (Å²) in [6.45, 7) is -0.288. The van der Waals surface area contributed by atoms with Crippen LogP contribution in [0.3, 0.4) is 0 Å². The first-order valence-electron chi connectivity index (χ1n) is 3.18. The molecule has 1 aromatic rings. The van der Waals surface area contributed by atoms with Gasteiger partial charge in [-0.2, -0.15) is 0 Å². The molecule has 0 saturated heterocycles. The smallest absolute Gasteiger partial charge is 0.341 e. The largest absolute Gasteiger partial charge is 0.482 e. The van der Waals surface area contributed by atoms with Crippen molar-refractivity contribution in [3.05, 3.63) is 30.3 Å². The third-order valence-corrected chi connectivity index (χ3v) is 1.11. The van der Waals surface area contributed by atoms with Gasteiger partial charge in [-0.05, 0) is 12.1 Å². The van der Waals surface area contributed by atoms with Crippen LogP contribution in [0.25, 0.3) is 0 Å². The Kier molecular flexibility index (Phi) is 9.27. The van der Waals surface area contributed by atoms with Gasteiger partial charge in [0.2, 0.25) is 0 Å².